The van der Waals surface area contributed by atoms with Crippen LogP contribution in [-0.4, -0.2) is 64.8 Å². The van der Waals surface area contributed by atoms with Gasteiger partial charge in [-0.1, -0.05) is 19.3 Å². The van der Waals surface area contributed by atoms with Crippen LogP contribution in [0, 0.1) is 0 Å². The second-order valence-electron chi connectivity index (χ2n) is 6.42. The van der Waals surface area contributed by atoms with Crippen LogP contribution in [-0.2, 0) is 9.59 Å². The molecule has 1 heterocycles. The predicted molar refractivity (Wildman–Crippen MR) is 78.6 cm³/mol. The first kappa shape index (κ1) is 15.8. The Hall–Kier alpha value is -1.59. The molecule has 0 aromatic carbocycles. The van der Waals surface area contributed by atoms with Gasteiger partial charge in [-0.2, -0.15) is 0 Å². The Bertz CT molecular complexity index is 455. The molecule has 1 saturated heterocycles. The van der Waals surface area contributed by atoms with Gasteiger partial charge in [0, 0.05) is 20.1 Å². The van der Waals surface area contributed by atoms with Crippen LogP contribution in [0.2, 0.25) is 0 Å². The van der Waals surface area contributed by atoms with Crippen molar-refractivity contribution in [1.29, 1.82) is 0 Å². The highest BCUT2D eigenvalue weighted by atomic mass is 16.2. The molecule has 21 heavy (non-hydrogen) atoms. The van der Waals surface area contributed by atoms with Crippen molar-refractivity contribution < 1.29 is 14.4 Å². The van der Waals surface area contributed by atoms with Gasteiger partial charge in [0.2, 0.25) is 5.91 Å². The van der Waals surface area contributed by atoms with Crippen molar-refractivity contribution in [2.45, 2.75) is 57.5 Å². The lowest BCUT2D eigenvalue weighted by molar-refractivity contribution is -0.140. The van der Waals surface area contributed by atoms with E-state index in [9.17, 15) is 14.4 Å². The van der Waals surface area contributed by atoms with Crippen LogP contribution >= 0.6 is 0 Å². The number of amides is 4. The fourth-order valence-electron chi connectivity index (χ4n) is 3.21. The lowest BCUT2D eigenvalue weighted by Gasteiger charge is -2.35. The SMILES string of the molecule is CC(C)N(C)C(=O)CN1C(=O)N(C)C2(CCCCC2)C1=O. The first-order valence-electron chi connectivity index (χ1n) is 7.66. The summed E-state index contributed by atoms with van der Waals surface area (Å²) < 4.78 is 0. The molecule has 6 nitrogen and oxygen atoms in total. The lowest BCUT2D eigenvalue weighted by atomic mass is 9.81. The second-order valence-corrected chi connectivity index (χ2v) is 6.42. The summed E-state index contributed by atoms with van der Waals surface area (Å²) in [4.78, 5) is 41.5. The van der Waals surface area contributed by atoms with Gasteiger partial charge in [0.15, 0.2) is 0 Å². The standard InChI is InChI=1S/C15H25N3O3/c1-11(2)16(3)12(19)10-18-13(20)15(17(4)14(18)21)8-6-5-7-9-15/h11H,5-10H2,1-4H3. The Kier molecular flexibility index (Phi) is 4.25. The van der Waals surface area contributed by atoms with Crippen molar-refractivity contribution in [2.75, 3.05) is 20.6 Å². The highest BCUT2D eigenvalue weighted by Gasteiger charge is 2.55. The minimum atomic E-state index is -0.702. The summed E-state index contributed by atoms with van der Waals surface area (Å²) in [5.74, 6) is -0.395. The number of likely N-dealkylation sites (N-methyl/N-ethyl adjacent to an activating group) is 2. The molecule has 0 unspecified atom stereocenters. The maximum Gasteiger partial charge on any atom is 0.327 e. The Morgan fingerprint density at radius 1 is 1.24 bits per heavy atom. The molecule has 118 valence electrons. The number of carbonyl (C=O) groups excluding carboxylic acids is 3. The van der Waals surface area contributed by atoms with Gasteiger partial charge in [-0.05, 0) is 26.7 Å². The average molecular weight is 295 g/mol. The van der Waals surface area contributed by atoms with Crippen molar-refractivity contribution in [3.8, 4) is 0 Å². The van der Waals surface area contributed by atoms with Gasteiger partial charge in [0.25, 0.3) is 5.91 Å². The zero-order valence-corrected chi connectivity index (χ0v) is 13.4. The monoisotopic (exact) mass is 295 g/mol. The maximum atomic E-state index is 12.7. The Labute approximate surface area is 126 Å². The summed E-state index contributed by atoms with van der Waals surface area (Å²) >= 11 is 0. The first-order chi connectivity index (χ1) is 9.81. The van der Waals surface area contributed by atoms with Gasteiger partial charge in [-0.25, -0.2) is 4.79 Å². The molecule has 4 amide bonds. The van der Waals surface area contributed by atoms with Gasteiger partial charge in [-0.3, -0.25) is 14.5 Å². The van der Waals surface area contributed by atoms with Crippen molar-refractivity contribution in [3.63, 3.8) is 0 Å². The van der Waals surface area contributed by atoms with E-state index < -0.39 is 5.54 Å². The fraction of sp³-hybridized carbons (Fsp3) is 0.800. The lowest BCUT2D eigenvalue weighted by Crippen LogP contribution is -2.49. The molecule has 0 aromatic heterocycles. The minimum absolute atomic E-state index is 0.0478. The second kappa shape index (κ2) is 5.66. The van der Waals surface area contributed by atoms with Gasteiger partial charge < -0.3 is 9.80 Å². The third-order valence-electron chi connectivity index (χ3n) is 4.95. The number of imide groups is 1. The van der Waals surface area contributed by atoms with E-state index in [1.54, 1.807) is 23.9 Å². The number of carbonyl (C=O) groups is 3. The van der Waals surface area contributed by atoms with E-state index in [1.165, 1.54) is 0 Å². The van der Waals surface area contributed by atoms with Crippen LogP contribution in [0.3, 0.4) is 0 Å². The van der Waals surface area contributed by atoms with Crippen LogP contribution in [0.5, 0.6) is 0 Å². The van der Waals surface area contributed by atoms with E-state index in [1.807, 2.05) is 13.8 Å². The summed E-state index contributed by atoms with van der Waals surface area (Å²) in [5, 5.41) is 0. The number of nitrogens with zero attached hydrogens (tertiary/aromatic N) is 3. The zero-order valence-electron chi connectivity index (χ0n) is 13.4. The van der Waals surface area contributed by atoms with Crippen LogP contribution in [0.4, 0.5) is 4.79 Å². The fourth-order valence-corrected chi connectivity index (χ4v) is 3.21. The maximum absolute atomic E-state index is 12.7. The van der Waals surface area contributed by atoms with Crippen molar-refractivity contribution in [2.24, 2.45) is 0 Å². The van der Waals surface area contributed by atoms with Crippen molar-refractivity contribution >= 4 is 17.8 Å². The molecular weight excluding hydrogens is 270 g/mol. The molecular formula is C15H25N3O3. The molecule has 0 radical (unpaired) electrons. The molecule has 2 aliphatic rings. The molecule has 1 aliphatic heterocycles. The third-order valence-corrected chi connectivity index (χ3v) is 4.95. The quantitative estimate of drug-likeness (QED) is 0.740. The average Bonchev–Trinajstić information content (AvgIpc) is 2.63. The summed E-state index contributed by atoms with van der Waals surface area (Å²) in [6.07, 6.45) is 4.43. The van der Waals surface area contributed by atoms with Crippen molar-refractivity contribution in [1.82, 2.24) is 14.7 Å². The predicted octanol–water partition coefficient (Wildman–Crippen LogP) is 1.45. The number of rotatable bonds is 3. The van der Waals surface area contributed by atoms with Gasteiger partial charge in [-0.15, -0.1) is 0 Å². The van der Waals surface area contributed by atoms with E-state index >= 15 is 0 Å². The summed E-state index contributed by atoms with van der Waals surface area (Å²) in [5.41, 5.74) is -0.702. The van der Waals surface area contributed by atoms with Crippen LogP contribution in [0.25, 0.3) is 0 Å². The highest BCUT2D eigenvalue weighted by Crippen LogP contribution is 2.39. The smallest absolute Gasteiger partial charge is 0.327 e. The largest absolute Gasteiger partial charge is 0.342 e. The van der Waals surface area contributed by atoms with Crippen LogP contribution in [0.15, 0.2) is 0 Å². The van der Waals surface area contributed by atoms with Gasteiger partial charge in [0.1, 0.15) is 12.1 Å². The molecule has 6 heteroatoms. The first-order valence-corrected chi connectivity index (χ1v) is 7.66. The molecule has 1 aliphatic carbocycles. The van der Waals surface area contributed by atoms with Gasteiger partial charge >= 0.3 is 6.03 Å². The normalized spacial score (nSPS) is 21.6. The molecule has 0 bridgehead atoms. The highest BCUT2D eigenvalue weighted by molar-refractivity contribution is 6.08. The van der Waals surface area contributed by atoms with Gasteiger partial charge in [0.05, 0.1) is 0 Å². The molecule has 0 atom stereocenters. The minimum Gasteiger partial charge on any atom is -0.342 e. The Morgan fingerprint density at radius 3 is 2.33 bits per heavy atom. The number of urea groups is 1. The van der Waals surface area contributed by atoms with E-state index in [-0.39, 0.29) is 30.4 Å². The Morgan fingerprint density at radius 2 is 1.81 bits per heavy atom. The van der Waals surface area contributed by atoms with E-state index in [4.69, 9.17) is 0 Å². The number of hydrogen-bond acceptors (Lipinski definition) is 3. The molecule has 0 N–H and O–H groups in total. The molecule has 2 rings (SSSR count). The van der Waals surface area contributed by atoms with E-state index in [2.05, 4.69) is 0 Å². The Balaban J connectivity index is 2.16. The number of hydrogen-bond donors (Lipinski definition) is 0. The zero-order chi connectivity index (χ0) is 15.8. The van der Waals surface area contributed by atoms with Crippen LogP contribution < -0.4 is 0 Å². The summed E-state index contributed by atoms with van der Waals surface area (Å²) in [6.45, 7) is 3.65. The molecule has 1 saturated carbocycles. The third kappa shape index (κ3) is 2.51. The topological polar surface area (TPSA) is 60.9 Å². The molecule has 1 spiro atoms. The van der Waals surface area contributed by atoms with Crippen molar-refractivity contribution in [3.05, 3.63) is 0 Å². The van der Waals surface area contributed by atoms with E-state index in [0.29, 0.717) is 12.8 Å². The van der Waals surface area contributed by atoms with E-state index in [0.717, 1.165) is 24.2 Å². The van der Waals surface area contributed by atoms with Crippen LogP contribution in [0.1, 0.15) is 46.0 Å². The molecule has 2 fully saturated rings. The summed E-state index contributed by atoms with van der Waals surface area (Å²) in [6, 6.07) is -0.293. The molecule has 0 aromatic rings. The summed E-state index contributed by atoms with van der Waals surface area (Å²) in [7, 11) is 3.38.